The maximum absolute atomic E-state index is 13.6. The van der Waals surface area contributed by atoms with Crippen molar-refractivity contribution >= 4 is 5.97 Å². The highest BCUT2D eigenvalue weighted by Crippen LogP contribution is 2.22. The summed E-state index contributed by atoms with van der Waals surface area (Å²) >= 11 is 0. The Hall–Kier alpha value is -1.49. The topological polar surface area (TPSA) is 40.5 Å². The number of hydrogen-bond acceptors (Lipinski definition) is 2. The third kappa shape index (κ3) is 3.73. The van der Waals surface area contributed by atoms with Crippen LogP contribution in [0.4, 0.5) is 8.78 Å². The molecular formula is C14H17F2NO2. The summed E-state index contributed by atoms with van der Waals surface area (Å²) in [7, 11) is 0. The lowest BCUT2D eigenvalue weighted by atomic mass is 9.94. The molecule has 0 radical (unpaired) electrons. The van der Waals surface area contributed by atoms with Crippen LogP contribution in [-0.4, -0.2) is 29.1 Å². The van der Waals surface area contributed by atoms with Crippen molar-refractivity contribution in [2.45, 2.75) is 25.8 Å². The summed E-state index contributed by atoms with van der Waals surface area (Å²) < 4.78 is 26.7. The molecule has 1 aromatic carbocycles. The van der Waals surface area contributed by atoms with Crippen molar-refractivity contribution in [1.29, 1.82) is 0 Å². The maximum atomic E-state index is 13.6. The molecule has 5 heteroatoms. The zero-order valence-corrected chi connectivity index (χ0v) is 10.6. The van der Waals surface area contributed by atoms with Crippen molar-refractivity contribution in [1.82, 2.24) is 4.90 Å². The Morgan fingerprint density at radius 1 is 1.42 bits per heavy atom. The van der Waals surface area contributed by atoms with E-state index in [2.05, 4.69) is 0 Å². The van der Waals surface area contributed by atoms with Gasteiger partial charge in [0.1, 0.15) is 0 Å². The lowest BCUT2D eigenvalue weighted by Crippen LogP contribution is -2.36. The first kappa shape index (κ1) is 13.9. The molecule has 2 rings (SSSR count). The number of carbonyl (C=O) groups is 1. The van der Waals surface area contributed by atoms with E-state index in [4.69, 9.17) is 5.11 Å². The highest BCUT2D eigenvalue weighted by Gasteiger charge is 2.23. The molecule has 0 aliphatic carbocycles. The third-order valence-corrected chi connectivity index (χ3v) is 3.49. The Kier molecular flexibility index (Phi) is 4.47. The summed E-state index contributed by atoms with van der Waals surface area (Å²) in [5.74, 6) is -2.34. The SMILES string of the molecule is O=C(O)CC1CCCN(Cc2cccc(F)c2F)C1. The van der Waals surface area contributed by atoms with Crippen LogP contribution in [0.2, 0.25) is 0 Å². The molecule has 1 heterocycles. The molecule has 1 unspecified atom stereocenters. The van der Waals surface area contributed by atoms with E-state index in [0.717, 1.165) is 25.5 Å². The predicted molar refractivity (Wildman–Crippen MR) is 66.6 cm³/mol. The molecule has 0 amide bonds. The standard InChI is InChI=1S/C14H17F2NO2/c15-12-5-1-4-11(14(12)16)9-17-6-2-3-10(8-17)7-13(18)19/h1,4-5,10H,2-3,6-9H2,(H,18,19). The van der Waals surface area contributed by atoms with Crippen molar-refractivity contribution in [2.75, 3.05) is 13.1 Å². The lowest BCUT2D eigenvalue weighted by molar-refractivity contribution is -0.138. The van der Waals surface area contributed by atoms with Crippen LogP contribution < -0.4 is 0 Å². The van der Waals surface area contributed by atoms with Gasteiger partial charge in [0.25, 0.3) is 0 Å². The molecule has 1 aliphatic heterocycles. The molecule has 1 saturated heterocycles. The van der Waals surface area contributed by atoms with Gasteiger partial charge >= 0.3 is 5.97 Å². The van der Waals surface area contributed by atoms with Crippen molar-refractivity contribution in [3.63, 3.8) is 0 Å². The van der Waals surface area contributed by atoms with E-state index in [1.54, 1.807) is 6.07 Å². The second-order valence-electron chi connectivity index (χ2n) is 5.05. The molecule has 0 aromatic heterocycles. The second kappa shape index (κ2) is 6.10. The number of carboxylic acid groups (broad SMARTS) is 1. The van der Waals surface area contributed by atoms with Crippen molar-refractivity contribution in [3.8, 4) is 0 Å². The molecule has 0 saturated carbocycles. The minimum atomic E-state index is -0.836. The van der Waals surface area contributed by atoms with Gasteiger partial charge in [0.05, 0.1) is 0 Å². The van der Waals surface area contributed by atoms with Crippen LogP contribution in [0, 0.1) is 17.6 Å². The number of benzene rings is 1. The second-order valence-corrected chi connectivity index (χ2v) is 5.05. The number of carboxylic acids is 1. The van der Waals surface area contributed by atoms with Crippen LogP contribution in [0.3, 0.4) is 0 Å². The first-order valence-electron chi connectivity index (χ1n) is 6.43. The molecule has 19 heavy (non-hydrogen) atoms. The summed E-state index contributed by atoms with van der Waals surface area (Å²) in [5.41, 5.74) is 0.330. The van der Waals surface area contributed by atoms with Crippen LogP contribution in [0.1, 0.15) is 24.8 Å². The zero-order chi connectivity index (χ0) is 13.8. The summed E-state index contributed by atoms with van der Waals surface area (Å²) in [6.45, 7) is 1.76. The van der Waals surface area contributed by atoms with Gasteiger partial charge in [-0.3, -0.25) is 9.69 Å². The van der Waals surface area contributed by atoms with Gasteiger partial charge in [-0.05, 0) is 31.4 Å². The van der Waals surface area contributed by atoms with Crippen LogP contribution in [0.5, 0.6) is 0 Å². The zero-order valence-electron chi connectivity index (χ0n) is 10.6. The molecular weight excluding hydrogens is 252 g/mol. The summed E-state index contributed by atoms with van der Waals surface area (Å²) in [5, 5.41) is 8.79. The smallest absolute Gasteiger partial charge is 0.303 e. The maximum Gasteiger partial charge on any atom is 0.303 e. The number of hydrogen-bond donors (Lipinski definition) is 1. The van der Waals surface area contributed by atoms with Crippen molar-refractivity contribution in [2.24, 2.45) is 5.92 Å². The molecule has 1 fully saturated rings. The average molecular weight is 269 g/mol. The molecule has 1 aromatic rings. The largest absolute Gasteiger partial charge is 0.481 e. The number of likely N-dealkylation sites (tertiary alicyclic amines) is 1. The molecule has 0 bridgehead atoms. The summed E-state index contributed by atoms with van der Waals surface area (Å²) in [6, 6.07) is 4.16. The average Bonchev–Trinajstić information content (AvgIpc) is 2.35. The van der Waals surface area contributed by atoms with Gasteiger partial charge in [-0.1, -0.05) is 12.1 Å². The Bertz CT molecular complexity index is 465. The highest BCUT2D eigenvalue weighted by atomic mass is 19.2. The van der Waals surface area contributed by atoms with Gasteiger partial charge in [-0.15, -0.1) is 0 Å². The van der Waals surface area contributed by atoms with E-state index in [-0.39, 0.29) is 12.3 Å². The fourth-order valence-electron chi connectivity index (χ4n) is 2.62. The van der Waals surface area contributed by atoms with Crippen LogP contribution >= 0.6 is 0 Å². The fourth-order valence-corrected chi connectivity index (χ4v) is 2.62. The number of rotatable bonds is 4. The van der Waals surface area contributed by atoms with Crippen molar-refractivity contribution in [3.05, 3.63) is 35.4 Å². The van der Waals surface area contributed by atoms with E-state index in [0.29, 0.717) is 18.7 Å². The van der Waals surface area contributed by atoms with E-state index >= 15 is 0 Å². The molecule has 3 nitrogen and oxygen atoms in total. The van der Waals surface area contributed by atoms with Gasteiger partial charge in [0.2, 0.25) is 0 Å². The van der Waals surface area contributed by atoms with E-state index in [1.807, 2.05) is 4.90 Å². The van der Waals surface area contributed by atoms with Gasteiger partial charge in [0, 0.05) is 25.1 Å². The molecule has 104 valence electrons. The Balaban J connectivity index is 1.98. The Morgan fingerprint density at radius 3 is 2.95 bits per heavy atom. The van der Waals surface area contributed by atoms with Gasteiger partial charge in [-0.25, -0.2) is 8.78 Å². The Morgan fingerprint density at radius 2 is 2.21 bits per heavy atom. The Labute approximate surface area is 110 Å². The van der Waals surface area contributed by atoms with Crippen LogP contribution in [0.15, 0.2) is 18.2 Å². The highest BCUT2D eigenvalue weighted by molar-refractivity contribution is 5.67. The lowest BCUT2D eigenvalue weighted by Gasteiger charge is -2.32. The summed E-state index contributed by atoms with van der Waals surface area (Å²) in [6.07, 6.45) is 1.92. The third-order valence-electron chi connectivity index (χ3n) is 3.49. The van der Waals surface area contributed by atoms with Crippen LogP contribution in [-0.2, 0) is 11.3 Å². The fraction of sp³-hybridized carbons (Fsp3) is 0.500. The van der Waals surface area contributed by atoms with E-state index < -0.39 is 17.6 Å². The number of halogens is 2. The van der Waals surface area contributed by atoms with Gasteiger partial charge < -0.3 is 5.11 Å². The number of piperidine rings is 1. The van der Waals surface area contributed by atoms with E-state index in [9.17, 15) is 13.6 Å². The minimum Gasteiger partial charge on any atom is -0.481 e. The molecule has 0 spiro atoms. The predicted octanol–water partition coefficient (Wildman–Crippen LogP) is 2.65. The first-order valence-corrected chi connectivity index (χ1v) is 6.43. The molecule has 1 aliphatic rings. The first-order chi connectivity index (χ1) is 9.06. The quantitative estimate of drug-likeness (QED) is 0.913. The summed E-state index contributed by atoms with van der Waals surface area (Å²) in [4.78, 5) is 12.7. The monoisotopic (exact) mass is 269 g/mol. The van der Waals surface area contributed by atoms with Gasteiger partial charge in [-0.2, -0.15) is 0 Å². The normalized spacial score (nSPS) is 20.4. The molecule has 1 atom stereocenters. The number of nitrogens with zero attached hydrogens (tertiary/aromatic N) is 1. The molecule has 1 N–H and O–H groups in total. The minimum absolute atomic E-state index is 0.0999. The van der Waals surface area contributed by atoms with E-state index in [1.165, 1.54) is 6.07 Å². The van der Waals surface area contributed by atoms with Crippen LogP contribution in [0.25, 0.3) is 0 Å². The van der Waals surface area contributed by atoms with Gasteiger partial charge in [0.15, 0.2) is 11.6 Å². The number of aliphatic carboxylic acids is 1. The van der Waals surface area contributed by atoms with Crippen molar-refractivity contribution < 1.29 is 18.7 Å².